The Morgan fingerprint density at radius 1 is 0.540 bits per heavy atom. The zero-order valence-electron chi connectivity index (χ0n) is 28.6. The Balaban J connectivity index is 0.000000157. The van der Waals surface area contributed by atoms with Gasteiger partial charge in [0.1, 0.15) is 11.8 Å². The van der Waals surface area contributed by atoms with E-state index in [2.05, 4.69) is 80.4 Å². The summed E-state index contributed by atoms with van der Waals surface area (Å²) in [5.74, 6) is -0.764. The summed E-state index contributed by atoms with van der Waals surface area (Å²) in [6, 6.07) is 36.7. The monoisotopic (exact) mass is 800 g/mol. The highest BCUT2D eigenvalue weighted by atomic mass is 79.9. The maximum Gasteiger partial charge on any atom is 0.314 e. The van der Waals surface area contributed by atoms with Crippen LogP contribution in [0.3, 0.4) is 0 Å². The smallest absolute Gasteiger partial charge is 0.314 e. The molecule has 4 fully saturated rings. The van der Waals surface area contributed by atoms with Gasteiger partial charge in [-0.2, -0.15) is 0 Å². The van der Waals surface area contributed by atoms with E-state index in [0.717, 1.165) is 20.1 Å². The van der Waals surface area contributed by atoms with Gasteiger partial charge in [-0.05, 0) is 98.9 Å². The normalized spacial score (nSPS) is 31.2. The van der Waals surface area contributed by atoms with Crippen LogP contribution >= 0.6 is 31.9 Å². The lowest BCUT2D eigenvalue weighted by molar-refractivity contribution is -0.250. The predicted molar refractivity (Wildman–Crippen MR) is 199 cm³/mol. The van der Waals surface area contributed by atoms with E-state index in [1.54, 1.807) is 27.7 Å². The van der Waals surface area contributed by atoms with Gasteiger partial charge in [-0.3, -0.25) is 9.59 Å². The second-order valence-corrected chi connectivity index (χ2v) is 17.1. The molecule has 0 amide bonds. The molecule has 2 saturated heterocycles. The van der Waals surface area contributed by atoms with E-state index >= 15 is 0 Å². The van der Waals surface area contributed by atoms with Crippen molar-refractivity contribution in [3.05, 3.63) is 140 Å². The maximum absolute atomic E-state index is 12.4. The van der Waals surface area contributed by atoms with Crippen LogP contribution in [0.5, 0.6) is 0 Å². The summed E-state index contributed by atoms with van der Waals surface area (Å²) in [6.45, 7) is 6.99. The number of esters is 2. The summed E-state index contributed by atoms with van der Waals surface area (Å²) < 4.78 is 13.3. The topological polar surface area (TPSA) is 93.1 Å². The molecule has 260 valence electrons. The fourth-order valence-corrected chi connectivity index (χ4v) is 9.77. The summed E-state index contributed by atoms with van der Waals surface area (Å²) >= 11 is 6.97. The second kappa shape index (κ2) is 12.7. The highest BCUT2D eigenvalue weighted by Crippen LogP contribution is 2.65. The molecule has 2 saturated carbocycles. The Morgan fingerprint density at radius 3 is 1.14 bits per heavy atom. The van der Waals surface area contributed by atoms with Crippen molar-refractivity contribution >= 4 is 43.8 Å². The summed E-state index contributed by atoms with van der Waals surface area (Å²) in [5, 5.41) is 21.6. The number of rotatable bonds is 6. The number of carbonyl (C=O) groups is 2. The van der Waals surface area contributed by atoms with Crippen molar-refractivity contribution < 1.29 is 29.3 Å². The highest BCUT2D eigenvalue weighted by Gasteiger charge is 2.73. The second-order valence-electron chi connectivity index (χ2n) is 15.3. The van der Waals surface area contributed by atoms with E-state index in [1.165, 1.54) is 11.1 Å². The predicted octanol–water partition coefficient (Wildman–Crippen LogP) is 8.81. The molecule has 8 rings (SSSR count). The Kier molecular flexibility index (Phi) is 8.94. The van der Waals surface area contributed by atoms with Crippen molar-refractivity contribution in [3.63, 3.8) is 0 Å². The first-order chi connectivity index (χ1) is 23.7. The molecular weight excluding hydrogens is 760 g/mol. The highest BCUT2D eigenvalue weighted by molar-refractivity contribution is 9.10. The van der Waals surface area contributed by atoms with Gasteiger partial charge < -0.3 is 19.7 Å². The van der Waals surface area contributed by atoms with Gasteiger partial charge in [-0.15, -0.1) is 0 Å². The molecule has 4 aliphatic rings. The molecule has 0 bridgehead atoms. The maximum atomic E-state index is 12.4. The van der Waals surface area contributed by atoms with E-state index in [9.17, 15) is 19.8 Å². The molecule has 8 atom stereocenters. The minimum Gasteiger partial charge on any atom is -0.455 e. The molecule has 2 heterocycles. The van der Waals surface area contributed by atoms with Gasteiger partial charge in [0.25, 0.3) is 0 Å². The Hall–Kier alpha value is -3.30. The van der Waals surface area contributed by atoms with E-state index in [4.69, 9.17) is 9.47 Å². The zero-order valence-corrected chi connectivity index (χ0v) is 31.7. The minimum atomic E-state index is -1.08. The number of ether oxygens (including phenoxy) is 2. The van der Waals surface area contributed by atoms with Gasteiger partial charge in [0.2, 0.25) is 0 Å². The summed E-state index contributed by atoms with van der Waals surface area (Å²) in [6.07, 6.45) is 1.27. The van der Waals surface area contributed by atoms with Crippen LogP contribution in [0.2, 0.25) is 0 Å². The van der Waals surface area contributed by atoms with Crippen molar-refractivity contribution in [3.8, 4) is 0 Å². The van der Waals surface area contributed by atoms with Crippen LogP contribution in [-0.2, 0) is 19.1 Å². The molecule has 50 heavy (non-hydrogen) atoms. The number of hydrogen-bond donors (Lipinski definition) is 2. The molecule has 6 nitrogen and oxygen atoms in total. The molecule has 4 aromatic rings. The molecule has 2 aliphatic carbocycles. The van der Waals surface area contributed by atoms with Crippen LogP contribution in [-0.4, -0.2) is 44.6 Å². The van der Waals surface area contributed by atoms with Gasteiger partial charge in [0.15, 0.2) is 11.2 Å². The molecule has 0 radical (unpaired) electrons. The first-order valence-corrected chi connectivity index (χ1v) is 18.8. The molecule has 8 heteroatoms. The van der Waals surface area contributed by atoms with E-state index < -0.39 is 22.4 Å². The average molecular weight is 803 g/mol. The molecule has 2 N–H and O–H groups in total. The van der Waals surface area contributed by atoms with E-state index in [1.807, 2.05) is 60.7 Å². The minimum absolute atomic E-state index is 0.00931. The van der Waals surface area contributed by atoms with Crippen molar-refractivity contribution in [2.75, 3.05) is 0 Å². The van der Waals surface area contributed by atoms with Crippen LogP contribution < -0.4 is 0 Å². The van der Waals surface area contributed by atoms with Crippen LogP contribution in [0.4, 0.5) is 0 Å². The largest absolute Gasteiger partial charge is 0.455 e. The quantitative estimate of drug-likeness (QED) is 0.190. The lowest BCUT2D eigenvalue weighted by Crippen LogP contribution is -2.66. The average Bonchev–Trinajstić information content (AvgIpc) is 3.53. The molecular formula is C42H42Br2O6. The molecule has 4 aromatic carbocycles. The van der Waals surface area contributed by atoms with Gasteiger partial charge in [0.05, 0.1) is 11.2 Å². The number of carbonyl (C=O) groups excluding carboxylic acids is 2. The summed E-state index contributed by atoms with van der Waals surface area (Å²) in [7, 11) is 0. The number of benzene rings is 4. The number of aliphatic hydroxyl groups is 2. The molecule has 0 unspecified atom stereocenters. The molecule has 2 aliphatic heterocycles. The Morgan fingerprint density at radius 2 is 0.860 bits per heavy atom. The van der Waals surface area contributed by atoms with Gasteiger partial charge in [-0.1, -0.05) is 117 Å². The SMILES string of the molecule is CC(C)(O)[C@@]12C[C@@H](c3ccc(Br)cc3)[C@H](c3ccccc3)[C@@H]1C(=O)O2.CC(C)(O)[C@@]12C[C@@H](c3ccc(Br)cc3)[C@H](c3ccccc3)[C@@H]1C(=O)O2. The van der Waals surface area contributed by atoms with Crippen molar-refractivity contribution in [1.29, 1.82) is 0 Å². The van der Waals surface area contributed by atoms with Crippen molar-refractivity contribution in [1.82, 2.24) is 0 Å². The Labute approximate surface area is 310 Å². The lowest BCUT2D eigenvalue weighted by atomic mass is 9.70. The first-order valence-electron chi connectivity index (χ1n) is 17.2. The van der Waals surface area contributed by atoms with Gasteiger partial charge in [0, 0.05) is 20.8 Å². The first kappa shape index (κ1) is 35.1. The van der Waals surface area contributed by atoms with Crippen LogP contribution in [0.15, 0.2) is 118 Å². The third kappa shape index (κ3) is 5.67. The van der Waals surface area contributed by atoms with Crippen molar-refractivity contribution in [2.45, 2.75) is 86.6 Å². The van der Waals surface area contributed by atoms with E-state index in [-0.39, 0.29) is 47.4 Å². The van der Waals surface area contributed by atoms with Crippen LogP contribution in [0.1, 0.15) is 86.5 Å². The van der Waals surface area contributed by atoms with Crippen molar-refractivity contribution in [2.24, 2.45) is 11.8 Å². The van der Waals surface area contributed by atoms with Crippen LogP contribution in [0, 0.1) is 11.8 Å². The fraction of sp³-hybridized carbons (Fsp3) is 0.381. The molecule has 0 spiro atoms. The van der Waals surface area contributed by atoms with Gasteiger partial charge in [-0.25, -0.2) is 0 Å². The summed E-state index contributed by atoms with van der Waals surface area (Å²) in [5.41, 5.74) is 0.806. The number of hydrogen-bond acceptors (Lipinski definition) is 6. The third-order valence-electron chi connectivity index (χ3n) is 11.7. The molecule has 0 aromatic heterocycles. The van der Waals surface area contributed by atoms with E-state index in [0.29, 0.717) is 12.8 Å². The summed E-state index contributed by atoms with van der Waals surface area (Å²) in [4.78, 5) is 24.9. The fourth-order valence-electron chi connectivity index (χ4n) is 9.24. The lowest BCUT2D eigenvalue weighted by Gasteiger charge is -2.51. The van der Waals surface area contributed by atoms with Gasteiger partial charge >= 0.3 is 11.9 Å². The van der Waals surface area contributed by atoms with Crippen LogP contribution in [0.25, 0.3) is 0 Å². The number of fused-ring (bicyclic) bond motifs is 2. The third-order valence-corrected chi connectivity index (χ3v) is 12.8. The number of halogens is 2. The Bertz CT molecular complexity index is 1730. The standard InChI is InChI=1S/2C21H21BrO3/c2*1-20(2,24)21-12-16(13-8-10-15(22)11-9-13)17(18(21)19(23)25-21)14-6-4-3-5-7-14/h2*3-11,16-18,24H,12H2,1-2H3/t2*16-,17-,18+,21+/m00/s1. The zero-order chi connectivity index (χ0) is 35.6.